The highest BCUT2D eigenvalue weighted by Gasteiger charge is 2.24. The maximum atomic E-state index is 12.7. The standard InChI is InChI=1S/C18H21BClN3O/c1-12-9-13(2)17(21-11-12)22-5-7-23(8-6-22)18(24)15-4-3-14(19)10-16(15)20/h3-4,9-11H,5-8,19H2,1-2H3. The molecule has 2 aromatic rings. The van der Waals surface area contributed by atoms with Gasteiger partial charge in [0.25, 0.3) is 5.91 Å². The zero-order chi connectivity index (χ0) is 17.3. The maximum absolute atomic E-state index is 12.7. The van der Waals surface area contributed by atoms with Crippen molar-refractivity contribution in [3.05, 3.63) is 52.2 Å². The zero-order valence-corrected chi connectivity index (χ0v) is 15.1. The number of hydrogen-bond donors (Lipinski definition) is 0. The van der Waals surface area contributed by atoms with E-state index in [4.69, 9.17) is 11.6 Å². The number of hydrogen-bond acceptors (Lipinski definition) is 3. The van der Waals surface area contributed by atoms with E-state index < -0.39 is 0 Å². The Morgan fingerprint density at radius 1 is 1.17 bits per heavy atom. The third kappa shape index (κ3) is 3.41. The van der Waals surface area contributed by atoms with Gasteiger partial charge in [0.2, 0.25) is 0 Å². The van der Waals surface area contributed by atoms with Gasteiger partial charge in [-0.25, -0.2) is 4.98 Å². The van der Waals surface area contributed by atoms with E-state index in [0.717, 1.165) is 24.4 Å². The Kier molecular flexibility index (Phi) is 4.81. The van der Waals surface area contributed by atoms with Gasteiger partial charge in [-0.15, -0.1) is 0 Å². The van der Waals surface area contributed by atoms with Crippen LogP contribution in [-0.4, -0.2) is 49.8 Å². The average Bonchev–Trinajstić information content (AvgIpc) is 2.54. The van der Waals surface area contributed by atoms with E-state index in [0.29, 0.717) is 23.7 Å². The number of carbonyl (C=O) groups is 1. The Hall–Kier alpha value is -2.01. The van der Waals surface area contributed by atoms with Crippen LogP contribution in [0.3, 0.4) is 0 Å². The van der Waals surface area contributed by atoms with E-state index in [1.165, 1.54) is 11.1 Å². The monoisotopic (exact) mass is 341 g/mol. The molecule has 6 heteroatoms. The topological polar surface area (TPSA) is 36.4 Å². The molecule has 0 atom stereocenters. The van der Waals surface area contributed by atoms with Crippen molar-refractivity contribution in [1.82, 2.24) is 9.88 Å². The highest BCUT2D eigenvalue weighted by atomic mass is 35.5. The summed E-state index contributed by atoms with van der Waals surface area (Å²) in [7, 11) is 1.97. The number of pyridine rings is 1. The van der Waals surface area contributed by atoms with Crippen LogP contribution in [-0.2, 0) is 0 Å². The Balaban J connectivity index is 1.69. The van der Waals surface area contributed by atoms with Gasteiger partial charge >= 0.3 is 0 Å². The number of anilines is 1. The molecule has 1 aliphatic heterocycles. The first-order valence-corrected chi connectivity index (χ1v) is 8.57. The number of aryl methyl sites for hydroxylation is 2. The van der Waals surface area contributed by atoms with Crippen LogP contribution in [0.4, 0.5) is 5.82 Å². The molecule has 0 aliphatic carbocycles. The lowest BCUT2D eigenvalue weighted by Gasteiger charge is -2.36. The van der Waals surface area contributed by atoms with Crippen molar-refractivity contribution in [2.24, 2.45) is 0 Å². The van der Waals surface area contributed by atoms with Crippen molar-refractivity contribution >= 4 is 36.6 Å². The second kappa shape index (κ2) is 6.85. The first-order valence-electron chi connectivity index (χ1n) is 8.19. The van der Waals surface area contributed by atoms with Crippen molar-refractivity contribution < 1.29 is 4.79 Å². The van der Waals surface area contributed by atoms with Gasteiger partial charge < -0.3 is 9.80 Å². The predicted octanol–water partition coefficient (Wildman–Crippen LogP) is 1.57. The van der Waals surface area contributed by atoms with Crippen LogP contribution < -0.4 is 10.4 Å². The lowest BCUT2D eigenvalue weighted by atomic mass is 9.95. The fourth-order valence-corrected chi connectivity index (χ4v) is 3.44. The third-order valence-corrected chi connectivity index (χ3v) is 4.72. The summed E-state index contributed by atoms with van der Waals surface area (Å²) in [6.07, 6.45) is 1.89. The largest absolute Gasteiger partial charge is 0.353 e. The third-order valence-electron chi connectivity index (χ3n) is 4.41. The molecule has 1 saturated heterocycles. The van der Waals surface area contributed by atoms with Crippen molar-refractivity contribution in [3.8, 4) is 0 Å². The summed E-state index contributed by atoms with van der Waals surface area (Å²) in [5.74, 6) is 1.02. The Labute approximate surface area is 148 Å². The molecule has 1 fully saturated rings. The first kappa shape index (κ1) is 16.8. The molecule has 1 aromatic heterocycles. The van der Waals surface area contributed by atoms with E-state index in [1.807, 2.05) is 44.1 Å². The molecule has 0 radical (unpaired) electrons. The van der Waals surface area contributed by atoms with Gasteiger partial charge in [-0.05, 0) is 37.1 Å². The molecular weight excluding hydrogens is 320 g/mol. The Morgan fingerprint density at radius 2 is 1.88 bits per heavy atom. The molecule has 0 spiro atoms. The van der Waals surface area contributed by atoms with Gasteiger partial charge in [0.1, 0.15) is 13.7 Å². The molecule has 1 amide bonds. The molecule has 2 heterocycles. The van der Waals surface area contributed by atoms with Gasteiger partial charge in [0, 0.05) is 32.4 Å². The van der Waals surface area contributed by atoms with Crippen molar-refractivity contribution in [2.45, 2.75) is 13.8 Å². The summed E-state index contributed by atoms with van der Waals surface area (Å²) in [6.45, 7) is 7.05. The summed E-state index contributed by atoms with van der Waals surface area (Å²) < 4.78 is 0. The van der Waals surface area contributed by atoms with Crippen LogP contribution in [0.2, 0.25) is 5.02 Å². The minimum absolute atomic E-state index is 0.00763. The summed E-state index contributed by atoms with van der Waals surface area (Å²) >= 11 is 6.24. The summed E-state index contributed by atoms with van der Waals surface area (Å²) in [6, 6.07) is 7.73. The number of piperazine rings is 1. The van der Waals surface area contributed by atoms with Gasteiger partial charge in [-0.2, -0.15) is 0 Å². The lowest BCUT2D eigenvalue weighted by molar-refractivity contribution is 0.0746. The summed E-state index contributed by atoms with van der Waals surface area (Å²) in [4.78, 5) is 21.4. The van der Waals surface area contributed by atoms with Gasteiger partial charge in [-0.1, -0.05) is 29.2 Å². The number of amides is 1. The van der Waals surface area contributed by atoms with Gasteiger partial charge in [0.05, 0.1) is 10.6 Å². The van der Waals surface area contributed by atoms with E-state index >= 15 is 0 Å². The number of carbonyl (C=O) groups excluding carboxylic acids is 1. The predicted molar refractivity (Wildman–Crippen MR) is 101 cm³/mol. The quantitative estimate of drug-likeness (QED) is 0.778. The average molecular weight is 342 g/mol. The second-order valence-corrected chi connectivity index (χ2v) is 6.82. The van der Waals surface area contributed by atoms with E-state index in [2.05, 4.69) is 22.9 Å². The van der Waals surface area contributed by atoms with E-state index in [1.54, 1.807) is 0 Å². The SMILES string of the molecule is Bc1ccc(C(=O)N2CCN(c3ncc(C)cc3C)CC2)c(Cl)c1. The van der Waals surface area contributed by atoms with Crippen LogP contribution in [0.1, 0.15) is 21.5 Å². The Morgan fingerprint density at radius 3 is 2.50 bits per heavy atom. The van der Waals surface area contributed by atoms with Gasteiger partial charge in [0.15, 0.2) is 0 Å². The highest BCUT2D eigenvalue weighted by molar-refractivity contribution is 6.38. The van der Waals surface area contributed by atoms with Crippen LogP contribution in [0.25, 0.3) is 0 Å². The van der Waals surface area contributed by atoms with E-state index in [-0.39, 0.29) is 5.91 Å². The molecule has 0 bridgehead atoms. The summed E-state index contributed by atoms with van der Waals surface area (Å²) in [5.41, 5.74) is 3.98. The first-order chi connectivity index (χ1) is 11.5. The van der Waals surface area contributed by atoms with Crippen LogP contribution in [0.15, 0.2) is 30.5 Å². The number of aromatic nitrogens is 1. The fourth-order valence-electron chi connectivity index (χ4n) is 3.12. The fraction of sp³-hybridized carbons (Fsp3) is 0.333. The van der Waals surface area contributed by atoms with E-state index in [9.17, 15) is 4.79 Å². The smallest absolute Gasteiger partial charge is 0.255 e. The number of halogens is 1. The lowest BCUT2D eigenvalue weighted by Crippen LogP contribution is -2.49. The number of benzene rings is 1. The van der Waals surface area contributed by atoms with Crippen molar-refractivity contribution in [2.75, 3.05) is 31.1 Å². The summed E-state index contributed by atoms with van der Waals surface area (Å²) in [5, 5.41) is 0.526. The van der Waals surface area contributed by atoms with Crippen molar-refractivity contribution in [3.63, 3.8) is 0 Å². The highest BCUT2D eigenvalue weighted by Crippen LogP contribution is 2.21. The molecule has 0 saturated carbocycles. The molecule has 124 valence electrons. The molecule has 4 nitrogen and oxygen atoms in total. The minimum Gasteiger partial charge on any atom is -0.353 e. The molecule has 1 aromatic carbocycles. The van der Waals surface area contributed by atoms with Crippen LogP contribution >= 0.6 is 11.6 Å². The van der Waals surface area contributed by atoms with Crippen molar-refractivity contribution in [1.29, 1.82) is 0 Å². The van der Waals surface area contributed by atoms with Gasteiger partial charge in [-0.3, -0.25) is 4.79 Å². The Bertz CT molecular complexity index is 773. The maximum Gasteiger partial charge on any atom is 0.255 e. The van der Waals surface area contributed by atoms with Crippen LogP contribution in [0, 0.1) is 13.8 Å². The number of nitrogens with zero attached hydrogens (tertiary/aromatic N) is 3. The molecule has 0 unspecified atom stereocenters. The van der Waals surface area contributed by atoms with Crippen LogP contribution in [0.5, 0.6) is 0 Å². The number of rotatable bonds is 2. The zero-order valence-electron chi connectivity index (χ0n) is 14.3. The molecule has 3 rings (SSSR count). The second-order valence-electron chi connectivity index (χ2n) is 6.42. The molecular formula is C18H21BClN3O. The molecule has 0 N–H and O–H groups in total. The normalized spacial score (nSPS) is 14.8. The minimum atomic E-state index is 0.00763. The molecule has 24 heavy (non-hydrogen) atoms. The molecule has 1 aliphatic rings.